The maximum Gasteiger partial charge on any atom is 0.240 e. The number of aromatic nitrogens is 4. The second-order valence-corrected chi connectivity index (χ2v) is 12.0. The van der Waals surface area contributed by atoms with Crippen LogP contribution < -0.4 is 10.0 Å². The molecule has 0 radical (unpaired) electrons. The quantitative estimate of drug-likeness (QED) is 0.270. The van der Waals surface area contributed by atoms with E-state index in [1.54, 1.807) is 30.5 Å². The van der Waals surface area contributed by atoms with Crippen molar-refractivity contribution in [2.45, 2.75) is 44.6 Å². The molecular weight excluding hydrogens is 498 g/mol. The number of fused-ring (bicyclic) bond motifs is 1. The average molecular weight is 534 g/mol. The van der Waals surface area contributed by atoms with Crippen LogP contribution in [0.15, 0.2) is 66.0 Å². The summed E-state index contributed by atoms with van der Waals surface area (Å²) in [6, 6.07) is 12.7. The molecule has 38 heavy (non-hydrogen) atoms. The van der Waals surface area contributed by atoms with Gasteiger partial charge in [0.1, 0.15) is 0 Å². The summed E-state index contributed by atoms with van der Waals surface area (Å²) in [6.45, 7) is 8.82. The molecule has 0 atom stereocenters. The van der Waals surface area contributed by atoms with E-state index in [0.717, 1.165) is 54.6 Å². The van der Waals surface area contributed by atoms with Gasteiger partial charge in [0.05, 0.1) is 16.6 Å². The molecule has 1 aliphatic rings. The van der Waals surface area contributed by atoms with Gasteiger partial charge in [-0.1, -0.05) is 26.0 Å². The molecule has 3 heterocycles. The zero-order chi connectivity index (χ0) is 26.5. The number of hydrogen-bond donors (Lipinski definition) is 2. The van der Waals surface area contributed by atoms with E-state index in [1.165, 1.54) is 12.8 Å². The fraction of sp³-hybridized carbons (Fsp3) is 0.393. The summed E-state index contributed by atoms with van der Waals surface area (Å²) in [5, 5.41) is 8.59. The van der Waals surface area contributed by atoms with E-state index in [-0.39, 0.29) is 4.90 Å². The highest BCUT2D eigenvalue weighted by Gasteiger charge is 2.15. The minimum atomic E-state index is -3.55. The zero-order valence-electron chi connectivity index (χ0n) is 22.0. The SMILES string of the molecule is CC(C)Cn1cc(-c2ccc3cnc(Nc4ccc(S(=O)(=O)NCCCN5CCCC5)cc4)nc3c2)cn1. The summed E-state index contributed by atoms with van der Waals surface area (Å²) < 4.78 is 30.0. The Bertz CT molecular complexity index is 1480. The minimum absolute atomic E-state index is 0.242. The van der Waals surface area contributed by atoms with Crippen molar-refractivity contribution in [3.8, 4) is 11.1 Å². The Morgan fingerprint density at radius 3 is 2.55 bits per heavy atom. The maximum atomic E-state index is 12.7. The van der Waals surface area contributed by atoms with Crippen LogP contribution in [0.4, 0.5) is 11.6 Å². The van der Waals surface area contributed by atoms with Crippen LogP contribution in [-0.4, -0.2) is 59.2 Å². The van der Waals surface area contributed by atoms with Gasteiger partial charge in [-0.25, -0.2) is 23.1 Å². The molecule has 1 fully saturated rings. The monoisotopic (exact) mass is 533 g/mol. The Hall–Kier alpha value is -3.34. The molecule has 5 rings (SSSR count). The van der Waals surface area contributed by atoms with E-state index < -0.39 is 10.0 Å². The summed E-state index contributed by atoms with van der Waals surface area (Å²) in [5.74, 6) is 0.969. The normalized spacial score (nSPS) is 14.5. The molecule has 0 bridgehead atoms. The number of nitrogens with zero attached hydrogens (tertiary/aromatic N) is 5. The topological polar surface area (TPSA) is 105 Å². The molecule has 200 valence electrons. The molecule has 0 amide bonds. The first kappa shape index (κ1) is 26.3. The van der Waals surface area contributed by atoms with Gasteiger partial charge in [0.2, 0.25) is 16.0 Å². The fourth-order valence-electron chi connectivity index (χ4n) is 4.69. The van der Waals surface area contributed by atoms with E-state index in [4.69, 9.17) is 0 Å². The van der Waals surface area contributed by atoms with Crippen molar-refractivity contribution >= 4 is 32.6 Å². The Kier molecular flexibility index (Phi) is 8.01. The predicted molar refractivity (Wildman–Crippen MR) is 151 cm³/mol. The van der Waals surface area contributed by atoms with Crippen molar-refractivity contribution in [2.24, 2.45) is 5.92 Å². The number of hydrogen-bond acceptors (Lipinski definition) is 7. The second-order valence-electron chi connectivity index (χ2n) is 10.3. The van der Waals surface area contributed by atoms with Crippen molar-refractivity contribution in [1.82, 2.24) is 29.4 Å². The highest BCUT2D eigenvalue weighted by atomic mass is 32.2. The molecule has 4 aromatic rings. The Labute approximate surface area is 224 Å². The lowest BCUT2D eigenvalue weighted by molar-refractivity contribution is 0.334. The van der Waals surface area contributed by atoms with Gasteiger partial charge in [-0.2, -0.15) is 5.10 Å². The maximum absolute atomic E-state index is 12.7. The minimum Gasteiger partial charge on any atom is -0.324 e. The lowest BCUT2D eigenvalue weighted by atomic mass is 10.1. The number of rotatable bonds is 11. The van der Waals surface area contributed by atoms with Gasteiger partial charge < -0.3 is 10.2 Å². The molecule has 1 saturated heterocycles. The third-order valence-corrected chi connectivity index (χ3v) is 8.14. The van der Waals surface area contributed by atoms with Gasteiger partial charge in [-0.15, -0.1) is 0 Å². The largest absolute Gasteiger partial charge is 0.324 e. The van der Waals surface area contributed by atoms with Gasteiger partial charge in [-0.05, 0) is 80.7 Å². The van der Waals surface area contributed by atoms with Crippen molar-refractivity contribution in [2.75, 3.05) is 31.5 Å². The molecule has 1 aliphatic heterocycles. The Morgan fingerprint density at radius 2 is 1.79 bits per heavy atom. The molecule has 0 aliphatic carbocycles. The molecule has 10 heteroatoms. The van der Waals surface area contributed by atoms with Crippen LogP contribution >= 0.6 is 0 Å². The number of anilines is 2. The summed E-state index contributed by atoms with van der Waals surface area (Å²) in [5.41, 5.74) is 3.61. The van der Waals surface area contributed by atoms with E-state index in [9.17, 15) is 8.42 Å². The van der Waals surface area contributed by atoms with Crippen molar-refractivity contribution in [1.29, 1.82) is 0 Å². The molecule has 2 aromatic heterocycles. The van der Waals surface area contributed by atoms with Crippen LogP contribution in [0, 0.1) is 5.92 Å². The van der Waals surface area contributed by atoms with Gasteiger partial charge in [0.25, 0.3) is 0 Å². The van der Waals surface area contributed by atoms with Crippen LogP contribution in [0.1, 0.15) is 33.1 Å². The van der Waals surface area contributed by atoms with E-state index in [0.29, 0.717) is 24.1 Å². The van der Waals surface area contributed by atoms with Crippen LogP contribution in [-0.2, 0) is 16.6 Å². The lowest BCUT2D eigenvalue weighted by Gasteiger charge is -2.14. The van der Waals surface area contributed by atoms with Crippen molar-refractivity contribution in [3.05, 3.63) is 61.1 Å². The second kappa shape index (κ2) is 11.6. The first-order chi connectivity index (χ1) is 18.4. The molecule has 0 unspecified atom stereocenters. The fourth-order valence-corrected chi connectivity index (χ4v) is 5.77. The first-order valence-electron chi connectivity index (χ1n) is 13.2. The third-order valence-electron chi connectivity index (χ3n) is 6.66. The number of likely N-dealkylation sites (tertiary alicyclic amines) is 1. The standard InChI is InChI=1S/C28H35N7O2S/c1-21(2)19-35-20-24(18-30-35)22-6-7-23-17-29-28(33-27(23)16-22)32-25-8-10-26(11-9-25)38(36,37)31-12-5-15-34-13-3-4-14-34/h6-11,16-18,20-21,31H,3-5,12-15,19H2,1-2H3,(H,29,32,33). The van der Waals surface area contributed by atoms with Gasteiger partial charge >= 0.3 is 0 Å². The Balaban J connectivity index is 1.22. The van der Waals surface area contributed by atoms with Gasteiger partial charge in [0.15, 0.2) is 0 Å². The van der Waals surface area contributed by atoms with E-state index in [1.807, 2.05) is 23.0 Å². The number of nitrogens with one attached hydrogen (secondary N) is 2. The van der Waals surface area contributed by atoms with Gasteiger partial charge in [0, 0.05) is 42.1 Å². The zero-order valence-corrected chi connectivity index (χ0v) is 22.8. The third kappa shape index (κ3) is 6.56. The number of benzene rings is 2. The van der Waals surface area contributed by atoms with Gasteiger partial charge in [-0.3, -0.25) is 4.68 Å². The molecular formula is C28H35N7O2S. The van der Waals surface area contributed by atoms with Crippen LogP contribution in [0.3, 0.4) is 0 Å². The Morgan fingerprint density at radius 1 is 1.00 bits per heavy atom. The number of sulfonamides is 1. The summed E-state index contributed by atoms with van der Waals surface area (Å²) in [4.78, 5) is 11.7. The van der Waals surface area contributed by atoms with Crippen LogP contribution in [0.2, 0.25) is 0 Å². The van der Waals surface area contributed by atoms with Crippen LogP contribution in [0.25, 0.3) is 22.0 Å². The lowest BCUT2D eigenvalue weighted by Crippen LogP contribution is -2.28. The summed E-state index contributed by atoms with van der Waals surface area (Å²) in [7, 11) is -3.55. The average Bonchev–Trinajstić information content (AvgIpc) is 3.59. The predicted octanol–water partition coefficient (Wildman–Crippen LogP) is 4.66. The summed E-state index contributed by atoms with van der Waals surface area (Å²) >= 11 is 0. The van der Waals surface area contributed by atoms with E-state index >= 15 is 0 Å². The molecule has 0 spiro atoms. The molecule has 2 aromatic carbocycles. The molecule has 2 N–H and O–H groups in total. The highest BCUT2D eigenvalue weighted by Crippen LogP contribution is 2.25. The van der Waals surface area contributed by atoms with E-state index in [2.05, 4.69) is 56.1 Å². The first-order valence-corrected chi connectivity index (χ1v) is 14.7. The van der Waals surface area contributed by atoms with Crippen molar-refractivity contribution in [3.63, 3.8) is 0 Å². The smallest absolute Gasteiger partial charge is 0.240 e. The highest BCUT2D eigenvalue weighted by molar-refractivity contribution is 7.89. The van der Waals surface area contributed by atoms with Crippen molar-refractivity contribution < 1.29 is 8.42 Å². The summed E-state index contributed by atoms with van der Waals surface area (Å²) in [6.07, 6.45) is 8.99. The molecule has 0 saturated carbocycles. The molecule has 9 nitrogen and oxygen atoms in total. The van der Waals surface area contributed by atoms with Crippen LogP contribution in [0.5, 0.6) is 0 Å².